The van der Waals surface area contributed by atoms with Crippen molar-refractivity contribution < 1.29 is 37.3 Å². The van der Waals surface area contributed by atoms with Gasteiger partial charge in [-0.3, -0.25) is 9.21 Å². The number of carboxylic acids is 1. The minimum absolute atomic E-state index is 0.0157. The number of hydrogen-bond acceptors (Lipinski definition) is 8. The largest absolute Gasteiger partial charge is 0.489 e. The first kappa shape index (κ1) is 24.7. The first-order valence-corrected chi connectivity index (χ1v) is 12.7. The first-order chi connectivity index (χ1) is 15.3. The predicted octanol–water partition coefficient (Wildman–Crippen LogP) is 1.41. The molecule has 0 spiro atoms. The molecule has 2 fully saturated rings. The summed E-state index contributed by atoms with van der Waals surface area (Å²) in [5, 5.41) is 9.37. The number of nitrogens with zero attached hydrogens (tertiary/aromatic N) is 2. The Bertz CT molecular complexity index is 851. The Kier molecular flexibility index (Phi) is 9.11. The highest BCUT2D eigenvalue weighted by Crippen LogP contribution is 2.31. The van der Waals surface area contributed by atoms with Gasteiger partial charge in [0.25, 0.3) is 0 Å². The number of aromatic carboxylic acids is 1. The van der Waals surface area contributed by atoms with E-state index in [9.17, 15) is 18.3 Å². The van der Waals surface area contributed by atoms with Crippen molar-refractivity contribution in [2.45, 2.75) is 25.6 Å². The summed E-state index contributed by atoms with van der Waals surface area (Å²) in [5.74, 6) is -0.932. The van der Waals surface area contributed by atoms with Crippen molar-refractivity contribution in [1.29, 1.82) is 0 Å². The van der Waals surface area contributed by atoms with Crippen LogP contribution in [-0.4, -0.2) is 96.2 Å². The third kappa shape index (κ3) is 7.31. The Balaban J connectivity index is 1.71. The van der Waals surface area contributed by atoms with Gasteiger partial charge in [-0.15, -0.1) is 0 Å². The lowest BCUT2D eigenvalue weighted by Crippen LogP contribution is -2.43. The molecular formula is C21H32N2O8S. The SMILES string of the molecule is CS(=O)(=O)N(CCN1CCOCC1)c1ccc(C(=O)O)cc1OCCOC1CCCCO1. The quantitative estimate of drug-likeness (QED) is 0.477. The lowest BCUT2D eigenvalue weighted by Gasteiger charge is -2.30. The van der Waals surface area contributed by atoms with Crippen LogP contribution >= 0.6 is 0 Å². The third-order valence-electron chi connectivity index (χ3n) is 5.38. The summed E-state index contributed by atoms with van der Waals surface area (Å²) in [6.45, 7) is 4.50. The van der Waals surface area contributed by atoms with Gasteiger partial charge < -0.3 is 24.1 Å². The molecule has 1 unspecified atom stereocenters. The molecule has 2 aliphatic rings. The molecule has 3 rings (SSSR count). The summed E-state index contributed by atoms with van der Waals surface area (Å²) in [6, 6.07) is 4.20. The zero-order valence-corrected chi connectivity index (χ0v) is 19.2. The molecule has 2 aliphatic heterocycles. The van der Waals surface area contributed by atoms with Crippen LogP contribution in [0.4, 0.5) is 5.69 Å². The molecule has 1 N–H and O–H groups in total. The maximum atomic E-state index is 12.6. The van der Waals surface area contributed by atoms with E-state index in [-0.39, 0.29) is 37.4 Å². The minimum Gasteiger partial charge on any atom is -0.489 e. The van der Waals surface area contributed by atoms with Gasteiger partial charge in [0.1, 0.15) is 12.4 Å². The van der Waals surface area contributed by atoms with Gasteiger partial charge >= 0.3 is 5.97 Å². The number of carboxylic acid groups (broad SMARTS) is 1. The molecule has 1 atom stereocenters. The Morgan fingerprint density at radius 1 is 1.22 bits per heavy atom. The van der Waals surface area contributed by atoms with Crippen molar-refractivity contribution >= 4 is 21.7 Å². The molecule has 180 valence electrons. The van der Waals surface area contributed by atoms with Gasteiger partial charge in [0.05, 0.1) is 37.3 Å². The average Bonchev–Trinajstić information content (AvgIpc) is 2.78. The van der Waals surface area contributed by atoms with E-state index in [2.05, 4.69) is 4.90 Å². The van der Waals surface area contributed by atoms with Gasteiger partial charge in [-0.05, 0) is 37.5 Å². The molecule has 2 heterocycles. The number of ether oxygens (including phenoxy) is 4. The number of benzene rings is 1. The van der Waals surface area contributed by atoms with Crippen molar-refractivity contribution in [2.24, 2.45) is 0 Å². The monoisotopic (exact) mass is 472 g/mol. The van der Waals surface area contributed by atoms with E-state index in [1.807, 2.05) is 0 Å². The highest BCUT2D eigenvalue weighted by atomic mass is 32.2. The van der Waals surface area contributed by atoms with E-state index in [1.54, 1.807) is 0 Å². The number of hydrogen-bond donors (Lipinski definition) is 1. The van der Waals surface area contributed by atoms with Gasteiger partial charge in [-0.25, -0.2) is 13.2 Å². The standard InChI is InChI=1S/C21H32N2O8S/c1-32(26,27)23(8-7-22-9-12-28-13-10-22)18-6-5-17(21(24)25)16-19(18)29-14-15-31-20-4-2-3-11-30-20/h5-6,16,20H,2-4,7-15H2,1H3,(H,24,25). The number of anilines is 1. The Morgan fingerprint density at radius 2 is 2.00 bits per heavy atom. The number of morpholine rings is 1. The first-order valence-electron chi connectivity index (χ1n) is 10.9. The second-order valence-electron chi connectivity index (χ2n) is 7.79. The van der Waals surface area contributed by atoms with E-state index in [4.69, 9.17) is 18.9 Å². The van der Waals surface area contributed by atoms with E-state index in [0.29, 0.717) is 32.1 Å². The van der Waals surface area contributed by atoms with Gasteiger partial charge in [-0.1, -0.05) is 0 Å². The summed E-state index contributed by atoms with van der Waals surface area (Å²) >= 11 is 0. The normalized spacial score (nSPS) is 20.1. The second-order valence-corrected chi connectivity index (χ2v) is 9.70. The average molecular weight is 473 g/mol. The van der Waals surface area contributed by atoms with Crippen LogP contribution in [0.5, 0.6) is 5.75 Å². The Labute approximate surface area is 189 Å². The van der Waals surface area contributed by atoms with Crippen molar-refractivity contribution in [1.82, 2.24) is 4.90 Å². The number of sulfonamides is 1. The van der Waals surface area contributed by atoms with Crippen molar-refractivity contribution in [2.75, 3.05) is 69.8 Å². The molecule has 0 aromatic heterocycles. The van der Waals surface area contributed by atoms with Crippen LogP contribution in [0.15, 0.2) is 18.2 Å². The van der Waals surface area contributed by atoms with E-state index in [1.165, 1.54) is 22.5 Å². The molecule has 2 saturated heterocycles. The Hall–Kier alpha value is -1.92. The number of rotatable bonds is 11. The lowest BCUT2D eigenvalue weighted by atomic mass is 10.2. The summed E-state index contributed by atoms with van der Waals surface area (Å²) in [6.07, 6.45) is 3.75. The van der Waals surface area contributed by atoms with Gasteiger partial charge in [0.2, 0.25) is 10.0 Å². The fourth-order valence-corrected chi connectivity index (χ4v) is 4.59. The smallest absolute Gasteiger partial charge is 0.335 e. The molecular weight excluding hydrogens is 440 g/mol. The maximum absolute atomic E-state index is 12.6. The fraction of sp³-hybridized carbons (Fsp3) is 0.667. The summed E-state index contributed by atoms with van der Waals surface area (Å²) in [7, 11) is -3.63. The van der Waals surface area contributed by atoms with Gasteiger partial charge in [-0.2, -0.15) is 0 Å². The van der Waals surface area contributed by atoms with Crippen LogP contribution in [0.25, 0.3) is 0 Å². The maximum Gasteiger partial charge on any atom is 0.335 e. The van der Waals surface area contributed by atoms with Crippen LogP contribution in [0.1, 0.15) is 29.6 Å². The molecule has 32 heavy (non-hydrogen) atoms. The van der Waals surface area contributed by atoms with Crippen LogP contribution in [0.3, 0.4) is 0 Å². The molecule has 1 aromatic rings. The van der Waals surface area contributed by atoms with E-state index in [0.717, 1.165) is 38.6 Å². The summed E-state index contributed by atoms with van der Waals surface area (Å²) in [4.78, 5) is 13.6. The highest BCUT2D eigenvalue weighted by Gasteiger charge is 2.24. The van der Waals surface area contributed by atoms with Crippen LogP contribution < -0.4 is 9.04 Å². The van der Waals surface area contributed by atoms with Crippen molar-refractivity contribution in [3.63, 3.8) is 0 Å². The van der Waals surface area contributed by atoms with Gasteiger partial charge in [0.15, 0.2) is 6.29 Å². The second kappa shape index (κ2) is 11.8. The fourth-order valence-electron chi connectivity index (χ4n) is 3.66. The van der Waals surface area contributed by atoms with Crippen LogP contribution in [0.2, 0.25) is 0 Å². The zero-order valence-electron chi connectivity index (χ0n) is 18.4. The van der Waals surface area contributed by atoms with E-state index >= 15 is 0 Å². The summed E-state index contributed by atoms with van der Waals surface area (Å²) in [5.41, 5.74) is 0.321. The lowest BCUT2D eigenvalue weighted by molar-refractivity contribution is -0.165. The molecule has 0 aliphatic carbocycles. The molecule has 0 bridgehead atoms. The number of carbonyl (C=O) groups is 1. The van der Waals surface area contributed by atoms with Crippen molar-refractivity contribution in [3.05, 3.63) is 23.8 Å². The molecule has 0 amide bonds. The zero-order chi connectivity index (χ0) is 23.0. The summed E-state index contributed by atoms with van der Waals surface area (Å²) < 4.78 is 48.8. The van der Waals surface area contributed by atoms with Crippen LogP contribution in [0, 0.1) is 0 Å². The van der Waals surface area contributed by atoms with Crippen molar-refractivity contribution in [3.8, 4) is 5.75 Å². The molecule has 1 aromatic carbocycles. The molecule has 10 nitrogen and oxygen atoms in total. The predicted molar refractivity (Wildman–Crippen MR) is 118 cm³/mol. The van der Waals surface area contributed by atoms with Crippen LogP contribution in [-0.2, 0) is 24.2 Å². The Morgan fingerprint density at radius 3 is 2.66 bits per heavy atom. The molecule has 11 heteroatoms. The topological polar surface area (TPSA) is 115 Å². The van der Waals surface area contributed by atoms with E-state index < -0.39 is 16.0 Å². The minimum atomic E-state index is -3.63. The highest BCUT2D eigenvalue weighted by molar-refractivity contribution is 7.92. The van der Waals surface area contributed by atoms with Gasteiger partial charge in [0, 0.05) is 32.8 Å². The molecule has 0 radical (unpaired) electrons. The third-order valence-corrected chi connectivity index (χ3v) is 6.56. The molecule has 0 saturated carbocycles.